The molecule has 0 aliphatic carbocycles. The molecule has 0 N–H and O–H groups in total. The molecule has 2 fully saturated rings. The number of piperidine rings is 1. The number of ether oxygens (including phenoxy) is 2. The molecular weight excluding hydrogens is 359 g/mol. The Morgan fingerprint density at radius 2 is 2.04 bits per heavy atom. The number of hydrogen-bond donors (Lipinski definition) is 0. The average molecular weight is 393 g/mol. The van der Waals surface area contributed by atoms with Gasteiger partial charge in [-0.25, -0.2) is 4.39 Å². The fraction of sp³-hybridized carbons (Fsp3) is 0.682. The Labute approximate surface area is 167 Å². The zero-order valence-electron chi connectivity index (χ0n) is 16.9. The molecule has 5 nitrogen and oxygen atoms in total. The summed E-state index contributed by atoms with van der Waals surface area (Å²) in [5, 5.41) is 0. The predicted molar refractivity (Wildman–Crippen MR) is 106 cm³/mol. The monoisotopic (exact) mass is 392 g/mol. The van der Waals surface area contributed by atoms with Gasteiger partial charge in [0.05, 0.1) is 6.61 Å². The van der Waals surface area contributed by atoms with Gasteiger partial charge < -0.3 is 14.4 Å². The quantitative estimate of drug-likeness (QED) is 0.682. The molecule has 1 aromatic carbocycles. The molecule has 0 spiro atoms. The number of hydrogen-bond acceptors (Lipinski definition) is 4. The van der Waals surface area contributed by atoms with E-state index in [-0.39, 0.29) is 17.8 Å². The van der Waals surface area contributed by atoms with Crippen LogP contribution in [0.3, 0.4) is 0 Å². The van der Waals surface area contributed by atoms with Gasteiger partial charge >= 0.3 is 0 Å². The molecular formula is C22H33FN2O3. The van der Waals surface area contributed by atoms with Crippen LogP contribution in [0.4, 0.5) is 4.39 Å². The lowest BCUT2D eigenvalue weighted by atomic mass is 9.95. The Bertz CT molecular complexity index is 614. The first-order valence-electron chi connectivity index (χ1n) is 10.5. The number of rotatable bonds is 8. The van der Waals surface area contributed by atoms with E-state index in [1.54, 1.807) is 13.2 Å². The smallest absolute Gasteiger partial charge is 0.251 e. The van der Waals surface area contributed by atoms with E-state index < -0.39 is 0 Å². The van der Waals surface area contributed by atoms with Gasteiger partial charge in [0, 0.05) is 38.9 Å². The molecule has 0 radical (unpaired) electrons. The molecule has 6 heteroatoms. The van der Waals surface area contributed by atoms with E-state index in [2.05, 4.69) is 4.90 Å². The van der Waals surface area contributed by atoms with Gasteiger partial charge in [0.1, 0.15) is 11.9 Å². The first kappa shape index (κ1) is 21.2. The maximum atomic E-state index is 13.9. The van der Waals surface area contributed by atoms with Crippen molar-refractivity contribution in [2.45, 2.75) is 44.8 Å². The molecule has 2 saturated heterocycles. The molecule has 0 aromatic heterocycles. The van der Waals surface area contributed by atoms with E-state index in [0.717, 1.165) is 57.3 Å². The van der Waals surface area contributed by atoms with Gasteiger partial charge in [-0.2, -0.15) is 0 Å². The minimum Gasteiger partial charge on any atom is -0.383 e. The summed E-state index contributed by atoms with van der Waals surface area (Å²) in [6.07, 6.45) is 4.69. The number of carbonyl (C=O) groups is 1. The third-order valence-electron chi connectivity index (χ3n) is 5.87. The molecule has 0 unspecified atom stereocenters. The second-order valence-electron chi connectivity index (χ2n) is 7.94. The molecule has 28 heavy (non-hydrogen) atoms. The number of nitrogens with zero attached hydrogens (tertiary/aromatic N) is 2. The van der Waals surface area contributed by atoms with Crippen LogP contribution in [0.15, 0.2) is 24.3 Å². The highest BCUT2D eigenvalue weighted by Crippen LogP contribution is 2.22. The maximum absolute atomic E-state index is 13.9. The normalized spacial score (nSPS) is 21.6. The fourth-order valence-electron chi connectivity index (χ4n) is 4.14. The highest BCUT2D eigenvalue weighted by Gasteiger charge is 2.29. The Balaban J connectivity index is 1.50. The summed E-state index contributed by atoms with van der Waals surface area (Å²) >= 11 is 0. The van der Waals surface area contributed by atoms with Crippen molar-refractivity contribution in [1.82, 2.24) is 9.80 Å². The van der Waals surface area contributed by atoms with Crippen molar-refractivity contribution in [2.75, 3.05) is 46.5 Å². The molecule has 0 saturated carbocycles. The molecule has 2 aliphatic heterocycles. The zero-order valence-corrected chi connectivity index (χ0v) is 16.9. The first-order chi connectivity index (χ1) is 13.7. The topological polar surface area (TPSA) is 42.0 Å². The van der Waals surface area contributed by atoms with Gasteiger partial charge in [-0.15, -0.1) is 0 Å². The Morgan fingerprint density at radius 3 is 2.71 bits per heavy atom. The Kier molecular flexibility index (Phi) is 8.25. The van der Waals surface area contributed by atoms with Crippen molar-refractivity contribution in [3.05, 3.63) is 35.6 Å². The van der Waals surface area contributed by atoms with Crippen molar-refractivity contribution in [3.8, 4) is 0 Å². The second kappa shape index (κ2) is 10.9. The molecule has 2 aliphatic rings. The van der Waals surface area contributed by atoms with Crippen molar-refractivity contribution in [2.24, 2.45) is 5.92 Å². The zero-order chi connectivity index (χ0) is 19.8. The Morgan fingerprint density at radius 1 is 1.25 bits per heavy atom. The minimum absolute atomic E-state index is 0.116. The standard InChI is InChI=1S/C22H33FN2O3/c1-27-15-13-25(22(26)21-8-4-5-14-28-21)16-18-9-11-24(12-10-18)17-19-6-2-3-7-20(19)23/h2-3,6-7,18,21H,4-5,8-17H2,1H3/t21-/m1/s1. The predicted octanol–water partition coefficient (Wildman–Crippen LogP) is 3.08. The molecule has 1 amide bonds. The lowest BCUT2D eigenvalue weighted by Gasteiger charge is -2.36. The van der Waals surface area contributed by atoms with Crippen LogP contribution < -0.4 is 0 Å². The first-order valence-corrected chi connectivity index (χ1v) is 10.5. The van der Waals surface area contributed by atoms with Gasteiger partial charge in [-0.3, -0.25) is 9.69 Å². The van der Waals surface area contributed by atoms with Gasteiger partial charge in [0.2, 0.25) is 0 Å². The third kappa shape index (κ3) is 6.00. The molecule has 0 bridgehead atoms. The summed E-state index contributed by atoms with van der Waals surface area (Å²) in [7, 11) is 1.67. The van der Waals surface area contributed by atoms with Crippen LogP contribution in [-0.2, 0) is 20.8 Å². The Hall–Kier alpha value is -1.50. The fourth-order valence-corrected chi connectivity index (χ4v) is 4.14. The SMILES string of the molecule is COCCN(CC1CCN(Cc2ccccc2F)CC1)C(=O)[C@H]1CCCCO1. The third-order valence-corrected chi connectivity index (χ3v) is 5.87. The number of carbonyl (C=O) groups excluding carboxylic acids is 1. The number of benzene rings is 1. The molecule has 1 aromatic rings. The lowest BCUT2D eigenvalue weighted by Crippen LogP contribution is -2.47. The summed E-state index contributed by atoms with van der Waals surface area (Å²) in [4.78, 5) is 17.2. The molecule has 156 valence electrons. The van der Waals surface area contributed by atoms with E-state index in [9.17, 15) is 9.18 Å². The van der Waals surface area contributed by atoms with Gasteiger partial charge in [-0.1, -0.05) is 18.2 Å². The molecule has 2 heterocycles. The van der Waals surface area contributed by atoms with Crippen molar-refractivity contribution in [1.29, 1.82) is 0 Å². The maximum Gasteiger partial charge on any atom is 0.251 e. The van der Waals surface area contributed by atoms with Crippen molar-refractivity contribution in [3.63, 3.8) is 0 Å². The van der Waals surface area contributed by atoms with E-state index in [4.69, 9.17) is 9.47 Å². The van der Waals surface area contributed by atoms with E-state index in [1.165, 1.54) is 6.07 Å². The van der Waals surface area contributed by atoms with Crippen LogP contribution in [-0.4, -0.2) is 68.3 Å². The summed E-state index contributed by atoms with van der Waals surface area (Å²) in [6.45, 7) is 5.13. The van der Waals surface area contributed by atoms with E-state index in [1.807, 2.05) is 17.0 Å². The summed E-state index contributed by atoms with van der Waals surface area (Å²) in [5.74, 6) is 0.459. The minimum atomic E-state index is -0.285. The summed E-state index contributed by atoms with van der Waals surface area (Å²) in [6, 6.07) is 7.00. The van der Waals surface area contributed by atoms with Crippen LogP contribution >= 0.6 is 0 Å². The van der Waals surface area contributed by atoms with E-state index >= 15 is 0 Å². The van der Waals surface area contributed by atoms with Gasteiger partial charge in [0.15, 0.2) is 0 Å². The van der Waals surface area contributed by atoms with Crippen molar-refractivity contribution >= 4 is 5.91 Å². The highest BCUT2D eigenvalue weighted by molar-refractivity contribution is 5.81. The van der Waals surface area contributed by atoms with Gasteiger partial charge in [0.25, 0.3) is 5.91 Å². The van der Waals surface area contributed by atoms with Gasteiger partial charge in [-0.05, 0) is 57.2 Å². The average Bonchev–Trinajstić information content (AvgIpc) is 2.74. The lowest BCUT2D eigenvalue weighted by molar-refractivity contribution is -0.148. The molecule has 1 atom stereocenters. The largest absolute Gasteiger partial charge is 0.383 e. The van der Waals surface area contributed by atoms with Crippen LogP contribution in [0, 0.1) is 11.7 Å². The number of amides is 1. The van der Waals surface area contributed by atoms with Crippen molar-refractivity contribution < 1.29 is 18.7 Å². The van der Waals surface area contributed by atoms with Crippen LogP contribution in [0.1, 0.15) is 37.7 Å². The second-order valence-corrected chi connectivity index (χ2v) is 7.94. The highest BCUT2D eigenvalue weighted by atomic mass is 19.1. The number of halogens is 1. The molecule has 3 rings (SSSR count). The van der Waals surface area contributed by atoms with Crippen LogP contribution in [0.2, 0.25) is 0 Å². The van der Waals surface area contributed by atoms with E-state index in [0.29, 0.717) is 32.2 Å². The van der Waals surface area contributed by atoms with Crippen LogP contribution in [0.5, 0.6) is 0 Å². The summed E-state index contributed by atoms with van der Waals surface area (Å²) < 4.78 is 24.8. The number of likely N-dealkylation sites (tertiary alicyclic amines) is 1. The number of methoxy groups -OCH3 is 1. The summed E-state index contributed by atoms with van der Waals surface area (Å²) in [5.41, 5.74) is 0.757. The van der Waals surface area contributed by atoms with Crippen LogP contribution in [0.25, 0.3) is 0 Å².